The molecule has 2 aromatic carbocycles. The van der Waals surface area contributed by atoms with Crippen molar-refractivity contribution in [3.8, 4) is 11.4 Å². The smallest absolute Gasteiger partial charge is 0.324 e. The highest BCUT2D eigenvalue weighted by molar-refractivity contribution is 7.16. The first-order valence-electron chi connectivity index (χ1n) is 18.2. The number of urea groups is 1. The molecule has 0 radical (unpaired) electrons. The molecule has 7 rings (SSSR count). The fraction of sp³-hybridized carbons (Fsp3) is 0.450. The van der Waals surface area contributed by atoms with Gasteiger partial charge >= 0.3 is 6.03 Å². The average Bonchev–Trinajstić information content (AvgIpc) is 3.86. The molecule has 0 spiro atoms. The van der Waals surface area contributed by atoms with Gasteiger partial charge in [-0.25, -0.2) is 9.48 Å². The topological polar surface area (TPSA) is 118 Å². The number of carbonyl (C=O) groups excluding carboxylic acids is 3. The lowest BCUT2D eigenvalue weighted by atomic mass is 9.84. The summed E-state index contributed by atoms with van der Waals surface area (Å²) in [4.78, 5) is 41.2. The fourth-order valence-corrected chi connectivity index (χ4v) is 8.67. The van der Waals surface area contributed by atoms with Gasteiger partial charge in [0.05, 0.1) is 16.4 Å². The molecule has 11 heteroatoms. The summed E-state index contributed by atoms with van der Waals surface area (Å²) in [6.07, 6.45) is 9.76. The van der Waals surface area contributed by atoms with Crippen LogP contribution in [0.25, 0.3) is 5.69 Å². The maximum atomic E-state index is 13.5. The Balaban J connectivity index is 1.01. The van der Waals surface area contributed by atoms with E-state index in [1.54, 1.807) is 11.3 Å². The third-order valence-electron chi connectivity index (χ3n) is 10.3. The molecule has 0 bridgehead atoms. The monoisotopic (exact) mass is 708 g/mol. The molecule has 0 saturated heterocycles. The molecule has 3 aliphatic rings. The molecule has 10 nitrogen and oxygen atoms in total. The molecule has 0 unspecified atom stereocenters. The van der Waals surface area contributed by atoms with E-state index in [0.29, 0.717) is 30.6 Å². The van der Waals surface area contributed by atoms with Gasteiger partial charge in [0, 0.05) is 42.1 Å². The van der Waals surface area contributed by atoms with E-state index in [1.165, 1.54) is 49.5 Å². The number of thiophene rings is 1. The summed E-state index contributed by atoms with van der Waals surface area (Å²) in [6.45, 7) is 8.92. The number of ether oxygens (including phenoxy) is 1. The number of hydrogen-bond donors (Lipinski definition) is 3. The van der Waals surface area contributed by atoms with E-state index in [0.717, 1.165) is 64.4 Å². The first-order chi connectivity index (χ1) is 24.5. The quantitative estimate of drug-likeness (QED) is 0.170. The van der Waals surface area contributed by atoms with Crippen LogP contribution in [-0.2, 0) is 40.8 Å². The van der Waals surface area contributed by atoms with E-state index >= 15 is 0 Å². The normalized spacial score (nSPS) is 16.0. The van der Waals surface area contributed by atoms with Gasteiger partial charge in [-0.1, -0.05) is 52.2 Å². The molecule has 4 aromatic rings. The largest absolute Gasteiger partial charge is 0.483 e. The summed E-state index contributed by atoms with van der Waals surface area (Å²) >= 11 is 1.57. The number of hydrogen-bond acceptors (Lipinski definition) is 6. The third kappa shape index (κ3) is 7.83. The molecule has 268 valence electrons. The molecule has 1 saturated carbocycles. The van der Waals surface area contributed by atoms with Gasteiger partial charge in [-0.05, 0) is 97.0 Å². The van der Waals surface area contributed by atoms with E-state index < -0.39 is 0 Å². The molecule has 4 amide bonds. The van der Waals surface area contributed by atoms with Gasteiger partial charge in [0.25, 0.3) is 5.91 Å². The predicted octanol–water partition coefficient (Wildman–Crippen LogP) is 8.33. The Morgan fingerprint density at radius 2 is 1.67 bits per heavy atom. The molecule has 3 N–H and O–H groups in total. The van der Waals surface area contributed by atoms with Gasteiger partial charge in [-0.15, -0.1) is 11.3 Å². The summed E-state index contributed by atoms with van der Waals surface area (Å²) in [5, 5.41) is 14.8. The van der Waals surface area contributed by atoms with E-state index in [1.807, 2.05) is 33.8 Å². The lowest BCUT2D eigenvalue weighted by molar-refractivity contribution is -0.134. The van der Waals surface area contributed by atoms with E-state index in [-0.39, 0.29) is 29.9 Å². The van der Waals surface area contributed by atoms with Crippen LogP contribution in [0.5, 0.6) is 5.75 Å². The van der Waals surface area contributed by atoms with Crippen molar-refractivity contribution in [3.05, 3.63) is 81.4 Å². The first-order valence-corrected chi connectivity index (χ1v) is 19.1. The van der Waals surface area contributed by atoms with Crippen LogP contribution in [0.4, 0.5) is 21.3 Å². The van der Waals surface area contributed by atoms with E-state index in [2.05, 4.69) is 61.0 Å². The van der Waals surface area contributed by atoms with Crippen LogP contribution in [0.1, 0.15) is 105 Å². The number of anilines is 3. The van der Waals surface area contributed by atoms with E-state index in [4.69, 9.17) is 9.84 Å². The van der Waals surface area contributed by atoms with Gasteiger partial charge < -0.3 is 20.3 Å². The molecule has 0 atom stereocenters. The minimum Gasteiger partial charge on any atom is -0.483 e. The van der Waals surface area contributed by atoms with Gasteiger partial charge in [-0.3, -0.25) is 14.9 Å². The average molecular weight is 709 g/mol. The minimum absolute atomic E-state index is 0.0561. The predicted molar refractivity (Wildman–Crippen MR) is 202 cm³/mol. The Labute approximate surface area is 304 Å². The highest BCUT2D eigenvalue weighted by Gasteiger charge is 2.27. The van der Waals surface area contributed by atoms with E-state index in [9.17, 15) is 14.4 Å². The number of amides is 4. The summed E-state index contributed by atoms with van der Waals surface area (Å²) in [5.74, 6) is 1.74. The summed E-state index contributed by atoms with van der Waals surface area (Å²) < 4.78 is 7.95. The Hall–Kier alpha value is -4.64. The maximum Gasteiger partial charge on any atom is 0.324 e. The Kier molecular flexibility index (Phi) is 9.92. The number of rotatable bonds is 8. The zero-order valence-corrected chi connectivity index (χ0v) is 30.9. The van der Waals surface area contributed by atoms with Crippen molar-refractivity contribution >= 4 is 45.7 Å². The molecule has 1 aliphatic heterocycles. The van der Waals surface area contributed by atoms with Crippen molar-refractivity contribution < 1.29 is 19.1 Å². The second kappa shape index (κ2) is 14.5. The summed E-state index contributed by atoms with van der Waals surface area (Å²) in [7, 11) is 0. The third-order valence-corrected chi connectivity index (χ3v) is 11.4. The molecule has 2 aromatic heterocycles. The highest BCUT2D eigenvalue weighted by Crippen LogP contribution is 2.37. The number of fused-ring (bicyclic) bond motifs is 2. The summed E-state index contributed by atoms with van der Waals surface area (Å²) in [6, 6.07) is 15.9. The Morgan fingerprint density at radius 3 is 2.41 bits per heavy atom. The number of nitrogens with one attached hydrogen (secondary N) is 3. The zero-order chi connectivity index (χ0) is 35.7. The van der Waals surface area contributed by atoms with Crippen LogP contribution < -0.4 is 20.7 Å². The Bertz CT molecular complexity index is 1930. The fourth-order valence-electron chi connectivity index (χ4n) is 7.56. The SMILES string of the molecule is CC(=O)Nc1cc2c(s1)CCN(C(=O)COc1ccc(NC(=O)Nc3cc(C(C)(C)C)nn3-c3ccc(C4CCCCC4)cc3)c3c1CCC3)C2. The van der Waals surface area contributed by atoms with Crippen LogP contribution >= 0.6 is 11.3 Å². The Morgan fingerprint density at radius 1 is 0.902 bits per heavy atom. The lowest BCUT2D eigenvalue weighted by Gasteiger charge is -2.27. The zero-order valence-electron chi connectivity index (χ0n) is 30.1. The van der Waals surface area contributed by atoms with Crippen molar-refractivity contribution in [2.75, 3.05) is 29.1 Å². The van der Waals surface area contributed by atoms with Gasteiger partial charge in [-0.2, -0.15) is 5.10 Å². The van der Waals surface area contributed by atoms with Crippen LogP contribution in [0.3, 0.4) is 0 Å². The number of aromatic nitrogens is 2. The van der Waals surface area contributed by atoms with Gasteiger partial charge in [0.1, 0.15) is 11.6 Å². The molecule has 2 aliphatic carbocycles. The highest BCUT2D eigenvalue weighted by atomic mass is 32.1. The molecule has 3 heterocycles. The first kappa shape index (κ1) is 34.8. The van der Waals surface area contributed by atoms with Crippen LogP contribution in [0.2, 0.25) is 0 Å². The van der Waals surface area contributed by atoms with Crippen molar-refractivity contribution in [2.45, 2.75) is 103 Å². The van der Waals surface area contributed by atoms with Gasteiger partial charge in [0.2, 0.25) is 5.91 Å². The van der Waals surface area contributed by atoms with Crippen molar-refractivity contribution in [3.63, 3.8) is 0 Å². The van der Waals surface area contributed by atoms with Crippen LogP contribution in [0.15, 0.2) is 48.5 Å². The van der Waals surface area contributed by atoms with Crippen molar-refractivity contribution in [1.82, 2.24) is 14.7 Å². The number of nitrogens with zero attached hydrogens (tertiary/aromatic N) is 3. The standard InChI is InChI=1S/C40H48N6O4S/c1-25(47)41-37-21-28-23-45(20-19-34(28)51-37)38(48)24-50-33-18-17-32(30-11-8-12-31(30)33)42-39(49)43-36-22-35(40(2,3)4)44-46(36)29-15-13-27(14-16-29)26-9-6-5-7-10-26/h13-18,21-22,26H,5-12,19-20,23-24H2,1-4H3,(H,41,47)(H2,42,43,49). The summed E-state index contributed by atoms with van der Waals surface area (Å²) in [5.41, 5.74) is 6.88. The second-order valence-corrected chi connectivity index (χ2v) is 16.2. The second-order valence-electron chi connectivity index (χ2n) is 15.1. The van der Waals surface area contributed by atoms with Crippen molar-refractivity contribution in [2.24, 2.45) is 0 Å². The molecular weight excluding hydrogens is 661 g/mol. The molecular formula is C40H48N6O4S. The molecule has 1 fully saturated rings. The minimum atomic E-state index is -0.340. The van der Waals surface area contributed by atoms with Gasteiger partial charge in [0.15, 0.2) is 6.61 Å². The van der Waals surface area contributed by atoms with Crippen LogP contribution in [0, 0.1) is 0 Å². The maximum absolute atomic E-state index is 13.5. The molecule has 51 heavy (non-hydrogen) atoms. The number of carbonyl (C=O) groups is 3. The lowest BCUT2D eigenvalue weighted by Crippen LogP contribution is -2.38. The number of benzene rings is 2. The van der Waals surface area contributed by atoms with Crippen molar-refractivity contribution in [1.29, 1.82) is 0 Å². The van der Waals surface area contributed by atoms with Crippen LogP contribution in [-0.4, -0.2) is 45.7 Å².